The lowest BCUT2D eigenvalue weighted by Crippen LogP contribution is -2.46. The molecule has 1 N–H and O–H groups in total. The fourth-order valence-electron chi connectivity index (χ4n) is 3.17. The lowest BCUT2D eigenvalue weighted by molar-refractivity contribution is 0.310. The Labute approximate surface area is 191 Å². The van der Waals surface area contributed by atoms with Crippen LogP contribution in [0, 0.1) is 11.3 Å². The number of halogens is 2. The van der Waals surface area contributed by atoms with E-state index in [4.69, 9.17) is 27.9 Å². The highest BCUT2D eigenvalue weighted by Gasteiger charge is 2.30. The molecule has 1 aliphatic heterocycles. The second-order valence-corrected chi connectivity index (χ2v) is 11.6. The van der Waals surface area contributed by atoms with Crippen molar-refractivity contribution in [2.24, 2.45) is 0 Å². The monoisotopic (exact) mass is 503 g/mol. The molecule has 0 bridgehead atoms. The topological polar surface area (TPSA) is 117 Å². The molecule has 8 nitrogen and oxygen atoms in total. The number of ether oxygens (including phenoxy) is 1. The molecule has 2 aromatic carbocycles. The molecule has 1 heterocycles. The Morgan fingerprint density at radius 2 is 1.68 bits per heavy atom. The summed E-state index contributed by atoms with van der Waals surface area (Å²) >= 11 is 12.0. The molecule has 0 spiro atoms. The van der Waals surface area contributed by atoms with Gasteiger partial charge in [-0.25, -0.2) is 25.9 Å². The number of sulfonamides is 2. The highest BCUT2D eigenvalue weighted by molar-refractivity contribution is 7.89. The third-order valence-electron chi connectivity index (χ3n) is 4.67. The average Bonchev–Trinajstić information content (AvgIpc) is 2.67. The summed E-state index contributed by atoms with van der Waals surface area (Å²) in [7, 11) is -7.40. The van der Waals surface area contributed by atoms with Gasteiger partial charge in [-0.3, -0.25) is 0 Å². The van der Waals surface area contributed by atoms with Gasteiger partial charge in [-0.2, -0.15) is 5.26 Å². The molecule has 0 aromatic heterocycles. The van der Waals surface area contributed by atoms with E-state index < -0.39 is 26.1 Å². The summed E-state index contributed by atoms with van der Waals surface area (Å²) in [5.74, 6) is 0.235. The van der Waals surface area contributed by atoms with Crippen molar-refractivity contribution < 1.29 is 21.6 Å². The van der Waals surface area contributed by atoms with Gasteiger partial charge in [-0.15, -0.1) is 0 Å². The van der Waals surface area contributed by atoms with Gasteiger partial charge in [0.05, 0.1) is 17.9 Å². The Morgan fingerprint density at radius 1 is 1.06 bits per heavy atom. The lowest BCUT2D eigenvalue weighted by atomic mass is 10.1. The van der Waals surface area contributed by atoms with Crippen LogP contribution in [0.25, 0.3) is 0 Å². The molecule has 0 aliphatic carbocycles. The van der Waals surface area contributed by atoms with Crippen LogP contribution in [0.2, 0.25) is 10.0 Å². The fourth-order valence-corrected chi connectivity index (χ4v) is 6.01. The number of nitriles is 1. The van der Waals surface area contributed by atoms with Gasteiger partial charge in [-0.05, 0) is 49.2 Å². The van der Waals surface area contributed by atoms with Gasteiger partial charge in [-0.1, -0.05) is 23.2 Å². The first kappa shape index (κ1) is 23.8. The van der Waals surface area contributed by atoms with Gasteiger partial charge < -0.3 is 4.74 Å². The molecule has 0 radical (unpaired) electrons. The van der Waals surface area contributed by atoms with E-state index in [0.717, 1.165) is 6.26 Å². The molecule has 31 heavy (non-hydrogen) atoms. The van der Waals surface area contributed by atoms with Crippen molar-refractivity contribution in [2.45, 2.75) is 23.8 Å². The Morgan fingerprint density at radius 3 is 2.23 bits per heavy atom. The van der Waals surface area contributed by atoms with Gasteiger partial charge >= 0.3 is 0 Å². The number of benzene rings is 2. The number of rotatable bonds is 6. The van der Waals surface area contributed by atoms with E-state index in [2.05, 4.69) is 4.72 Å². The predicted molar refractivity (Wildman–Crippen MR) is 117 cm³/mol. The SMILES string of the molecule is CS(=O)(=O)N1CCC(NS(=O)(=O)c2cc(C#N)ccc2Oc2cc(Cl)cc(Cl)c2)CC1. The minimum Gasteiger partial charge on any atom is -0.456 e. The number of nitrogens with zero attached hydrogens (tertiary/aromatic N) is 2. The molecule has 12 heteroatoms. The van der Waals surface area contributed by atoms with Gasteiger partial charge in [0, 0.05) is 29.2 Å². The molecule has 1 saturated heterocycles. The van der Waals surface area contributed by atoms with Crippen molar-refractivity contribution in [2.75, 3.05) is 19.3 Å². The van der Waals surface area contributed by atoms with Gasteiger partial charge in [0.25, 0.3) is 0 Å². The average molecular weight is 504 g/mol. The molecular weight excluding hydrogens is 485 g/mol. The highest BCUT2D eigenvalue weighted by atomic mass is 35.5. The van der Waals surface area contributed by atoms with E-state index in [1.807, 2.05) is 6.07 Å². The summed E-state index contributed by atoms with van der Waals surface area (Å²) in [6.07, 6.45) is 1.77. The van der Waals surface area contributed by atoms with Gasteiger partial charge in [0.15, 0.2) is 0 Å². The zero-order valence-electron chi connectivity index (χ0n) is 16.4. The Bertz CT molecular complexity index is 1220. The van der Waals surface area contributed by atoms with E-state index in [1.165, 1.54) is 40.7 Å². The molecule has 1 fully saturated rings. The summed E-state index contributed by atoms with van der Waals surface area (Å²) in [6, 6.07) is 9.97. The summed E-state index contributed by atoms with van der Waals surface area (Å²) < 4.78 is 59.2. The van der Waals surface area contributed by atoms with Crippen molar-refractivity contribution >= 4 is 43.2 Å². The van der Waals surface area contributed by atoms with Crippen molar-refractivity contribution in [3.8, 4) is 17.6 Å². The highest BCUT2D eigenvalue weighted by Crippen LogP contribution is 2.33. The summed E-state index contributed by atoms with van der Waals surface area (Å²) in [6.45, 7) is 0.434. The zero-order chi connectivity index (χ0) is 22.8. The predicted octanol–water partition coefficient (Wildman–Crippen LogP) is 3.36. The lowest BCUT2D eigenvalue weighted by Gasteiger charge is -2.30. The Hall–Kier alpha value is -1.87. The minimum absolute atomic E-state index is 0.00148. The number of hydrogen-bond donors (Lipinski definition) is 1. The van der Waals surface area contributed by atoms with E-state index >= 15 is 0 Å². The van der Waals surface area contributed by atoms with Crippen molar-refractivity contribution in [3.05, 3.63) is 52.0 Å². The van der Waals surface area contributed by atoms with Gasteiger partial charge in [0.1, 0.15) is 16.4 Å². The summed E-state index contributed by atoms with van der Waals surface area (Å²) in [5, 5.41) is 9.84. The molecule has 0 saturated carbocycles. The van der Waals surface area contributed by atoms with Gasteiger partial charge in [0.2, 0.25) is 20.0 Å². The maximum atomic E-state index is 13.1. The van der Waals surface area contributed by atoms with Crippen molar-refractivity contribution in [1.82, 2.24) is 9.03 Å². The van der Waals surface area contributed by atoms with E-state index in [9.17, 15) is 22.1 Å². The maximum absolute atomic E-state index is 13.1. The first-order valence-electron chi connectivity index (χ1n) is 9.13. The number of piperidine rings is 1. The van der Waals surface area contributed by atoms with Crippen molar-refractivity contribution in [1.29, 1.82) is 5.26 Å². The van der Waals surface area contributed by atoms with E-state index in [1.54, 1.807) is 0 Å². The molecule has 1 aliphatic rings. The summed E-state index contributed by atoms with van der Waals surface area (Å²) in [4.78, 5) is -0.215. The first-order valence-corrected chi connectivity index (χ1v) is 13.2. The van der Waals surface area contributed by atoms with E-state index in [-0.39, 0.29) is 35.0 Å². The maximum Gasteiger partial charge on any atom is 0.244 e. The molecule has 0 atom stereocenters. The zero-order valence-corrected chi connectivity index (χ0v) is 19.5. The second kappa shape index (κ2) is 9.32. The fraction of sp³-hybridized carbons (Fsp3) is 0.316. The van der Waals surface area contributed by atoms with Crippen molar-refractivity contribution in [3.63, 3.8) is 0 Å². The normalized spacial score (nSPS) is 16.1. The van der Waals surface area contributed by atoms with Crippen LogP contribution in [0.3, 0.4) is 0 Å². The van der Waals surface area contributed by atoms with Crippen LogP contribution in [-0.4, -0.2) is 46.5 Å². The van der Waals surface area contributed by atoms with E-state index in [0.29, 0.717) is 22.9 Å². The summed E-state index contributed by atoms with van der Waals surface area (Å²) in [5.41, 5.74) is 0.142. The Balaban J connectivity index is 1.87. The Kier molecular flexibility index (Phi) is 7.15. The van der Waals surface area contributed by atoms with Crippen LogP contribution < -0.4 is 9.46 Å². The van der Waals surface area contributed by atoms with Crippen LogP contribution in [0.4, 0.5) is 0 Å². The first-order chi connectivity index (χ1) is 14.5. The van der Waals surface area contributed by atoms with Crippen LogP contribution in [0.1, 0.15) is 18.4 Å². The third kappa shape index (κ3) is 6.10. The molecule has 0 unspecified atom stereocenters. The number of hydrogen-bond acceptors (Lipinski definition) is 6. The van der Waals surface area contributed by atoms with Crippen LogP contribution in [0.5, 0.6) is 11.5 Å². The van der Waals surface area contributed by atoms with Crippen LogP contribution in [-0.2, 0) is 20.0 Å². The smallest absolute Gasteiger partial charge is 0.244 e. The standard InChI is InChI=1S/C19H19Cl2N3O5S2/c1-30(25,26)24-6-4-16(5-7-24)23-31(27,28)19-8-13(12-22)2-3-18(19)29-17-10-14(20)9-15(21)11-17/h2-3,8-11,16,23H,4-7H2,1H3. The molecule has 166 valence electrons. The minimum atomic E-state index is -4.08. The quantitative estimate of drug-likeness (QED) is 0.645. The molecular formula is C19H19Cl2N3O5S2. The second-order valence-electron chi connectivity index (χ2n) is 7.04. The molecule has 2 aromatic rings. The molecule has 3 rings (SSSR count). The van der Waals surface area contributed by atoms with Crippen LogP contribution >= 0.6 is 23.2 Å². The number of nitrogens with one attached hydrogen (secondary N) is 1. The largest absolute Gasteiger partial charge is 0.456 e. The third-order valence-corrected chi connectivity index (χ3v) is 7.95. The van der Waals surface area contributed by atoms with Crippen LogP contribution in [0.15, 0.2) is 41.3 Å². The molecule has 0 amide bonds.